The molecule has 1 aliphatic rings. The predicted molar refractivity (Wildman–Crippen MR) is 138 cm³/mol. The minimum absolute atomic E-state index is 0.169. The highest BCUT2D eigenvalue weighted by atomic mass is 16.6. The van der Waals surface area contributed by atoms with Crippen molar-refractivity contribution in [3.63, 3.8) is 0 Å². The van der Waals surface area contributed by atoms with Crippen molar-refractivity contribution in [2.45, 2.75) is 25.4 Å². The fourth-order valence-corrected chi connectivity index (χ4v) is 4.21. The number of phenolic OH excluding ortho intramolecular Hbond substituents is 1. The van der Waals surface area contributed by atoms with E-state index in [9.17, 15) is 19.5 Å². The van der Waals surface area contributed by atoms with Crippen LogP contribution in [-0.4, -0.2) is 54.0 Å². The molecule has 3 N–H and O–H groups in total. The van der Waals surface area contributed by atoms with Crippen LogP contribution in [0.1, 0.15) is 29.6 Å². The van der Waals surface area contributed by atoms with Crippen molar-refractivity contribution < 1.29 is 24.2 Å². The van der Waals surface area contributed by atoms with Crippen LogP contribution in [0.4, 0.5) is 16.2 Å². The number of aromatic hydroxyl groups is 1. The SMILES string of the molecule is O=Cc1ccc(NC(=O)CCN2CCC(OC(=O)Nc3ccccc3-c3ccccc3)CC2)cc1O. The topological polar surface area (TPSA) is 108 Å². The fourth-order valence-electron chi connectivity index (χ4n) is 4.21. The van der Waals surface area contributed by atoms with E-state index >= 15 is 0 Å². The first-order chi connectivity index (χ1) is 17.5. The Balaban J connectivity index is 1.20. The first-order valence-electron chi connectivity index (χ1n) is 11.9. The van der Waals surface area contributed by atoms with E-state index in [1.54, 1.807) is 6.07 Å². The Labute approximate surface area is 209 Å². The van der Waals surface area contributed by atoms with Gasteiger partial charge in [-0.25, -0.2) is 4.79 Å². The number of benzene rings is 3. The summed E-state index contributed by atoms with van der Waals surface area (Å²) in [6.45, 7) is 2.02. The number of carbonyl (C=O) groups is 3. The van der Waals surface area contributed by atoms with Crippen LogP contribution >= 0.6 is 0 Å². The van der Waals surface area contributed by atoms with Gasteiger partial charge in [-0.05, 0) is 36.6 Å². The molecule has 1 saturated heterocycles. The van der Waals surface area contributed by atoms with Gasteiger partial charge < -0.3 is 20.1 Å². The molecule has 0 spiro atoms. The normalized spacial score (nSPS) is 14.1. The maximum absolute atomic E-state index is 12.6. The number of carbonyl (C=O) groups excluding carboxylic acids is 3. The second-order valence-electron chi connectivity index (χ2n) is 8.67. The van der Waals surface area contributed by atoms with E-state index in [1.165, 1.54) is 12.1 Å². The second-order valence-corrected chi connectivity index (χ2v) is 8.67. The molecule has 0 aliphatic carbocycles. The standard InChI is InChI=1S/C28H29N3O5/c32-19-21-10-11-22(18-26(21)33)29-27(34)14-17-31-15-12-23(13-16-31)36-28(35)30-25-9-5-4-8-24(25)20-6-2-1-3-7-20/h1-11,18-19,23,33H,12-17H2,(H,29,34)(H,30,35). The number of aldehydes is 1. The highest BCUT2D eigenvalue weighted by Crippen LogP contribution is 2.28. The van der Waals surface area contributed by atoms with Crippen molar-refractivity contribution in [2.24, 2.45) is 0 Å². The van der Waals surface area contributed by atoms with Gasteiger partial charge in [0.2, 0.25) is 5.91 Å². The van der Waals surface area contributed by atoms with Gasteiger partial charge in [0.15, 0.2) is 6.29 Å². The summed E-state index contributed by atoms with van der Waals surface area (Å²) in [4.78, 5) is 37.8. The minimum atomic E-state index is -0.472. The first kappa shape index (κ1) is 24.9. The molecular formula is C28H29N3O5. The lowest BCUT2D eigenvalue weighted by atomic mass is 10.0. The van der Waals surface area contributed by atoms with E-state index in [0.717, 1.165) is 24.2 Å². The average Bonchev–Trinajstić information content (AvgIpc) is 2.89. The zero-order valence-corrected chi connectivity index (χ0v) is 19.9. The molecular weight excluding hydrogens is 458 g/mol. The van der Waals surface area contributed by atoms with E-state index in [-0.39, 0.29) is 23.3 Å². The number of para-hydroxylation sites is 1. The van der Waals surface area contributed by atoms with Crippen LogP contribution in [0.15, 0.2) is 72.8 Å². The lowest BCUT2D eigenvalue weighted by Gasteiger charge is -2.31. The van der Waals surface area contributed by atoms with Crippen molar-refractivity contribution in [2.75, 3.05) is 30.3 Å². The first-order valence-corrected chi connectivity index (χ1v) is 11.9. The maximum atomic E-state index is 12.6. The van der Waals surface area contributed by atoms with Gasteiger partial charge in [-0.1, -0.05) is 48.5 Å². The number of ether oxygens (including phenoxy) is 1. The molecule has 0 bridgehead atoms. The fraction of sp³-hybridized carbons (Fsp3) is 0.250. The summed E-state index contributed by atoms with van der Waals surface area (Å²) in [6.07, 6.45) is 1.57. The highest BCUT2D eigenvalue weighted by Gasteiger charge is 2.23. The van der Waals surface area contributed by atoms with Crippen LogP contribution in [0.5, 0.6) is 5.75 Å². The van der Waals surface area contributed by atoms with Crippen LogP contribution in [0.3, 0.4) is 0 Å². The van der Waals surface area contributed by atoms with Crippen molar-refractivity contribution in [3.05, 3.63) is 78.4 Å². The number of likely N-dealkylation sites (tertiary alicyclic amines) is 1. The molecule has 0 saturated carbocycles. The Bertz CT molecular complexity index is 1210. The Morgan fingerprint density at radius 2 is 1.69 bits per heavy atom. The molecule has 0 unspecified atom stereocenters. The average molecular weight is 488 g/mol. The van der Waals surface area contributed by atoms with Crippen LogP contribution in [0, 0.1) is 0 Å². The van der Waals surface area contributed by atoms with E-state index in [1.807, 2.05) is 54.6 Å². The van der Waals surface area contributed by atoms with Crippen molar-refractivity contribution in [1.82, 2.24) is 4.90 Å². The van der Waals surface area contributed by atoms with Crippen LogP contribution < -0.4 is 10.6 Å². The third-order valence-electron chi connectivity index (χ3n) is 6.15. The Hall–Kier alpha value is -4.17. The third kappa shape index (κ3) is 6.70. The summed E-state index contributed by atoms with van der Waals surface area (Å²) < 4.78 is 5.66. The molecule has 8 heteroatoms. The number of nitrogens with zero attached hydrogens (tertiary/aromatic N) is 1. The quantitative estimate of drug-likeness (QED) is 0.390. The molecule has 8 nitrogen and oxygen atoms in total. The molecule has 2 amide bonds. The number of phenols is 1. The number of anilines is 2. The van der Waals surface area contributed by atoms with Crippen molar-refractivity contribution >= 4 is 29.7 Å². The van der Waals surface area contributed by atoms with Crippen LogP contribution in [0.25, 0.3) is 11.1 Å². The molecule has 1 heterocycles. The van der Waals surface area contributed by atoms with E-state index in [0.29, 0.717) is 43.5 Å². The molecule has 1 aliphatic heterocycles. The van der Waals surface area contributed by atoms with Gasteiger partial charge in [0.05, 0.1) is 11.3 Å². The zero-order chi connectivity index (χ0) is 25.3. The third-order valence-corrected chi connectivity index (χ3v) is 6.15. The Kier molecular flexibility index (Phi) is 8.31. The number of hydrogen-bond donors (Lipinski definition) is 3. The highest BCUT2D eigenvalue weighted by molar-refractivity contribution is 5.92. The molecule has 3 aromatic carbocycles. The largest absolute Gasteiger partial charge is 0.507 e. The summed E-state index contributed by atoms with van der Waals surface area (Å²) in [5.41, 5.74) is 3.26. The minimum Gasteiger partial charge on any atom is -0.507 e. The molecule has 186 valence electrons. The van der Waals surface area contributed by atoms with E-state index < -0.39 is 6.09 Å². The number of amides is 2. The van der Waals surface area contributed by atoms with Gasteiger partial charge in [-0.2, -0.15) is 0 Å². The van der Waals surface area contributed by atoms with Crippen LogP contribution in [0.2, 0.25) is 0 Å². The number of nitrogens with one attached hydrogen (secondary N) is 2. The predicted octanol–water partition coefficient (Wildman–Crippen LogP) is 4.91. The van der Waals surface area contributed by atoms with Gasteiger partial charge in [0, 0.05) is 43.4 Å². The molecule has 1 fully saturated rings. The van der Waals surface area contributed by atoms with Crippen molar-refractivity contribution in [1.29, 1.82) is 0 Å². The van der Waals surface area contributed by atoms with Gasteiger partial charge in [0.1, 0.15) is 11.9 Å². The molecule has 0 radical (unpaired) electrons. The summed E-state index contributed by atoms with van der Waals surface area (Å²) in [5.74, 6) is -0.347. The van der Waals surface area contributed by atoms with Gasteiger partial charge in [-0.3, -0.25) is 14.9 Å². The molecule has 4 rings (SSSR count). The lowest BCUT2D eigenvalue weighted by molar-refractivity contribution is -0.116. The van der Waals surface area contributed by atoms with Gasteiger partial charge in [0.25, 0.3) is 0 Å². The van der Waals surface area contributed by atoms with Crippen molar-refractivity contribution in [3.8, 4) is 16.9 Å². The van der Waals surface area contributed by atoms with E-state index in [2.05, 4.69) is 15.5 Å². The molecule has 0 atom stereocenters. The Morgan fingerprint density at radius 3 is 2.42 bits per heavy atom. The summed E-state index contributed by atoms with van der Waals surface area (Å²) >= 11 is 0. The van der Waals surface area contributed by atoms with Gasteiger partial charge >= 0.3 is 6.09 Å². The Morgan fingerprint density at radius 1 is 0.972 bits per heavy atom. The molecule has 3 aromatic rings. The number of piperidine rings is 1. The summed E-state index contributed by atoms with van der Waals surface area (Å²) in [6, 6.07) is 21.9. The van der Waals surface area contributed by atoms with E-state index in [4.69, 9.17) is 4.74 Å². The number of rotatable bonds is 8. The summed E-state index contributed by atoms with van der Waals surface area (Å²) in [5, 5.41) is 15.3. The monoisotopic (exact) mass is 487 g/mol. The smallest absolute Gasteiger partial charge is 0.411 e. The van der Waals surface area contributed by atoms with Gasteiger partial charge in [-0.15, -0.1) is 0 Å². The second kappa shape index (κ2) is 12.0. The zero-order valence-electron chi connectivity index (χ0n) is 19.9. The maximum Gasteiger partial charge on any atom is 0.411 e. The molecule has 0 aromatic heterocycles. The molecule has 36 heavy (non-hydrogen) atoms. The lowest BCUT2D eigenvalue weighted by Crippen LogP contribution is -2.39. The number of hydrogen-bond acceptors (Lipinski definition) is 6. The summed E-state index contributed by atoms with van der Waals surface area (Å²) in [7, 11) is 0. The van der Waals surface area contributed by atoms with Crippen LogP contribution in [-0.2, 0) is 9.53 Å².